The van der Waals surface area contributed by atoms with Crippen LogP contribution in [0, 0.1) is 0 Å². The first kappa shape index (κ1) is 13.2. The summed E-state index contributed by atoms with van der Waals surface area (Å²) in [5, 5.41) is 8.10. The van der Waals surface area contributed by atoms with Gasteiger partial charge in [0.2, 0.25) is 0 Å². The fourth-order valence-corrected chi connectivity index (χ4v) is 1.39. The van der Waals surface area contributed by atoms with Crippen molar-refractivity contribution in [2.75, 3.05) is 6.54 Å². The number of rotatable bonds is 2. The normalized spacial score (nSPS) is 9.21. The minimum atomic E-state index is 0. The fourth-order valence-electron chi connectivity index (χ4n) is 1.39. The van der Waals surface area contributed by atoms with Crippen molar-refractivity contribution in [3.05, 3.63) is 30.0 Å². The van der Waals surface area contributed by atoms with E-state index >= 15 is 0 Å². The van der Waals surface area contributed by atoms with Crippen molar-refractivity contribution >= 4 is 35.7 Å². The molecule has 0 saturated carbocycles. The van der Waals surface area contributed by atoms with Crippen LogP contribution in [0.15, 0.2) is 24.4 Å². The lowest BCUT2D eigenvalue weighted by Gasteiger charge is -1.98. The predicted molar refractivity (Wildman–Crippen MR) is 63.3 cm³/mol. The maximum absolute atomic E-state index is 5.49. The number of H-pyrrole nitrogens is 1. The highest BCUT2D eigenvalue weighted by atomic mass is 35.5. The second-order valence-electron chi connectivity index (χ2n) is 2.79. The van der Waals surface area contributed by atoms with Gasteiger partial charge in [-0.05, 0) is 18.5 Å². The van der Waals surface area contributed by atoms with E-state index in [2.05, 4.69) is 16.3 Å². The Kier molecular flexibility index (Phi) is 5.53. The smallest absolute Gasteiger partial charge is 0.0682 e. The van der Waals surface area contributed by atoms with E-state index in [0.717, 1.165) is 17.3 Å². The zero-order valence-corrected chi connectivity index (χ0v) is 9.20. The van der Waals surface area contributed by atoms with Gasteiger partial charge in [-0.2, -0.15) is 5.10 Å². The number of nitrogens with zero attached hydrogens (tertiary/aromatic N) is 1. The van der Waals surface area contributed by atoms with Gasteiger partial charge in [0.25, 0.3) is 0 Å². The molecule has 5 heteroatoms. The number of halogens is 2. The maximum atomic E-state index is 5.49. The largest absolute Gasteiger partial charge is 0.330 e. The van der Waals surface area contributed by atoms with Gasteiger partial charge in [-0.3, -0.25) is 5.10 Å². The van der Waals surface area contributed by atoms with Gasteiger partial charge in [0.05, 0.1) is 11.7 Å². The Balaban J connectivity index is 0.000000845. The average Bonchev–Trinajstić information content (AvgIpc) is 2.53. The Morgan fingerprint density at radius 1 is 1.29 bits per heavy atom. The third kappa shape index (κ3) is 2.38. The molecule has 0 aliphatic rings. The number of aromatic nitrogens is 2. The van der Waals surface area contributed by atoms with Crippen LogP contribution in [0.25, 0.3) is 10.9 Å². The average molecular weight is 234 g/mol. The summed E-state index contributed by atoms with van der Waals surface area (Å²) in [5.41, 5.74) is 7.84. The molecule has 1 aromatic carbocycles. The van der Waals surface area contributed by atoms with Crippen LogP contribution < -0.4 is 5.73 Å². The molecule has 2 rings (SSSR count). The van der Waals surface area contributed by atoms with Gasteiger partial charge in [-0.15, -0.1) is 24.8 Å². The number of para-hydroxylation sites is 1. The third-order valence-electron chi connectivity index (χ3n) is 1.98. The lowest BCUT2D eigenvalue weighted by Crippen LogP contribution is -2.02. The van der Waals surface area contributed by atoms with Gasteiger partial charge in [0, 0.05) is 5.39 Å². The molecule has 78 valence electrons. The van der Waals surface area contributed by atoms with Gasteiger partial charge in [-0.25, -0.2) is 0 Å². The van der Waals surface area contributed by atoms with Gasteiger partial charge in [0.1, 0.15) is 0 Å². The minimum Gasteiger partial charge on any atom is -0.330 e. The van der Waals surface area contributed by atoms with Crippen molar-refractivity contribution < 1.29 is 0 Å². The standard InChI is InChI=1S/C9H11N3.2ClH/c10-5-4-7-2-1-3-8-6-11-12-9(7)8;;/h1-3,6H,4-5,10H2,(H,11,12);2*1H. The van der Waals surface area contributed by atoms with Gasteiger partial charge in [-0.1, -0.05) is 18.2 Å². The summed E-state index contributed by atoms with van der Waals surface area (Å²) in [6.45, 7) is 0.679. The first-order valence-electron chi connectivity index (χ1n) is 4.03. The molecule has 0 amide bonds. The van der Waals surface area contributed by atoms with Crippen LogP contribution in [-0.4, -0.2) is 16.7 Å². The Morgan fingerprint density at radius 3 is 2.79 bits per heavy atom. The van der Waals surface area contributed by atoms with Crippen molar-refractivity contribution in [3.63, 3.8) is 0 Å². The van der Waals surface area contributed by atoms with E-state index in [0.29, 0.717) is 6.54 Å². The minimum absolute atomic E-state index is 0. The van der Waals surface area contributed by atoms with Crippen LogP contribution in [-0.2, 0) is 6.42 Å². The molecule has 0 saturated heterocycles. The molecule has 2 aromatic rings. The molecular weight excluding hydrogens is 221 g/mol. The highest BCUT2D eigenvalue weighted by molar-refractivity contribution is 5.85. The van der Waals surface area contributed by atoms with E-state index in [1.165, 1.54) is 5.56 Å². The van der Waals surface area contributed by atoms with Crippen LogP contribution in [0.3, 0.4) is 0 Å². The van der Waals surface area contributed by atoms with Crippen LogP contribution >= 0.6 is 24.8 Å². The SMILES string of the molecule is Cl.Cl.NCCc1cccc2cn[nH]c12. The first-order valence-corrected chi connectivity index (χ1v) is 4.03. The second-order valence-corrected chi connectivity index (χ2v) is 2.79. The number of aromatic amines is 1. The Morgan fingerprint density at radius 2 is 2.07 bits per heavy atom. The molecule has 0 fully saturated rings. The van der Waals surface area contributed by atoms with Gasteiger partial charge >= 0.3 is 0 Å². The first-order chi connectivity index (χ1) is 5.92. The number of benzene rings is 1. The van der Waals surface area contributed by atoms with Crippen LogP contribution in [0.1, 0.15) is 5.56 Å². The predicted octanol–water partition coefficient (Wildman–Crippen LogP) is 1.91. The molecule has 0 aliphatic carbocycles. The van der Waals surface area contributed by atoms with Crippen LogP contribution in [0.4, 0.5) is 0 Å². The van der Waals surface area contributed by atoms with E-state index in [1.807, 2.05) is 18.3 Å². The monoisotopic (exact) mass is 233 g/mol. The van der Waals surface area contributed by atoms with Crippen molar-refractivity contribution in [3.8, 4) is 0 Å². The summed E-state index contributed by atoms with van der Waals surface area (Å²) in [7, 11) is 0. The second kappa shape index (κ2) is 5.86. The lowest BCUT2D eigenvalue weighted by atomic mass is 10.1. The molecule has 3 nitrogen and oxygen atoms in total. The van der Waals surface area contributed by atoms with E-state index in [-0.39, 0.29) is 24.8 Å². The molecule has 1 aromatic heterocycles. The third-order valence-corrected chi connectivity index (χ3v) is 1.98. The van der Waals surface area contributed by atoms with Crippen LogP contribution in [0.2, 0.25) is 0 Å². The topological polar surface area (TPSA) is 54.7 Å². The summed E-state index contributed by atoms with van der Waals surface area (Å²) in [4.78, 5) is 0. The van der Waals surface area contributed by atoms with Crippen molar-refractivity contribution in [1.82, 2.24) is 10.2 Å². The Hall–Kier alpha value is -0.770. The highest BCUT2D eigenvalue weighted by Crippen LogP contribution is 2.15. The maximum Gasteiger partial charge on any atom is 0.0682 e. The molecule has 0 atom stereocenters. The molecule has 3 N–H and O–H groups in total. The number of nitrogens with two attached hydrogens (primary N) is 1. The van der Waals surface area contributed by atoms with Crippen molar-refractivity contribution in [2.24, 2.45) is 5.73 Å². The van der Waals surface area contributed by atoms with Gasteiger partial charge in [0.15, 0.2) is 0 Å². The highest BCUT2D eigenvalue weighted by Gasteiger charge is 1.99. The molecule has 0 unspecified atom stereocenters. The lowest BCUT2D eigenvalue weighted by molar-refractivity contribution is 0.969. The van der Waals surface area contributed by atoms with Crippen molar-refractivity contribution in [2.45, 2.75) is 6.42 Å². The van der Waals surface area contributed by atoms with E-state index < -0.39 is 0 Å². The summed E-state index contributed by atoms with van der Waals surface area (Å²) in [5.74, 6) is 0. The number of nitrogens with one attached hydrogen (secondary N) is 1. The number of hydrogen-bond acceptors (Lipinski definition) is 2. The molecule has 0 aliphatic heterocycles. The summed E-state index contributed by atoms with van der Waals surface area (Å²) < 4.78 is 0. The zero-order chi connectivity index (χ0) is 8.39. The van der Waals surface area contributed by atoms with E-state index in [9.17, 15) is 0 Å². The van der Waals surface area contributed by atoms with Gasteiger partial charge < -0.3 is 5.73 Å². The van der Waals surface area contributed by atoms with Crippen molar-refractivity contribution in [1.29, 1.82) is 0 Å². The quantitative estimate of drug-likeness (QED) is 0.833. The number of hydrogen-bond donors (Lipinski definition) is 2. The Labute approximate surface area is 94.9 Å². The summed E-state index contributed by atoms with van der Waals surface area (Å²) in [6.07, 6.45) is 2.73. The zero-order valence-electron chi connectivity index (χ0n) is 7.56. The fraction of sp³-hybridized carbons (Fsp3) is 0.222. The van der Waals surface area contributed by atoms with Crippen LogP contribution in [0.5, 0.6) is 0 Å². The van der Waals surface area contributed by atoms with E-state index in [4.69, 9.17) is 5.73 Å². The molecule has 0 spiro atoms. The summed E-state index contributed by atoms with van der Waals surface area (Å²) in [6, 6.07) is 6.15. The Bertz CT molecular complexity index is 386. The molecule has 14 heavy (non-hydrogen) atoms. The molecular formula is C9H13Cl2N3. The van der Waals surface area contributed by atoms with E-state index in [1.54, 1.807) is 0 Å². The molecule has 0 bridgehead atoms. The molecule has 0 radical (unpaired) electrons. The number of fused-ring (bicyclic) bond motifs is 1. The molecule has 1 heterocycles. The summed E-state index contributed by atoms with van der Waals surface area (Å²) >= 11 is 0.